The molecule has 0 aliphatic rings. The van der Waals surface area contributed by atoms with Gasteiger partial charge in [-0.1, -0.05) is 175 Å². The largest absolute Gasteiger partial charge is 0.388 e. The molecular formula is C55H74N4O2. The lowest BCUT2D eigenvalue weighted by Gasteiger charge is -2.01. The van der Waals surface area contributed by atoms with Gasteiger partial charge in [0, 0.05) is 45.4 Å². The average Bonchev–Trinajstić information content (AvgIpc) is 3.25. The van der Waals surface area contributed by atoms with Gasteiger partial charge in [0.25, 0.3) is 0 Å². The molecule has 326 valence electrons. The summed E-state index contributed by atoms with van der Waals surface area (Å²) in [6.07, 6.45) is 3.59. The summed E-state index contributed by atoms with van der Waals surface area (Å²) in [6, 6.07) is 50.1. The smallest absolute Gasteiger partial charge is 0.221 e. The second kappa shape index (κ2) is 31.9. The molecule has 6 heteroatoms. The topological polar surface area (TPSA) is 82.3 Å². The van der Waals surface area contributed by atoms with Crippen LogP contribution in [-0.2, 0) is 35.5 Å². The van der Waals surface area contributed by atoms with Crippen LogP contribution in [0.1, 0.15) is 89.8 Å². The zero-order chi connectivity index (χ0) is 45.4. The maximum Gasteiger partial charge on any atom is 0.221 e. The Balaban J connectivity index is 0.000000367. The van der Waals surface area contributed by atoms with E-state index in [0.717, 1.165) is 24.2 Å². The lowest BCUT2D eigenvalue weighted by molar-refractivity contribution is -0.119. The highest BCUT2D eigenvalue weighted by Crippen LogP contribution is 2.09. The van der Waals surface area contributed by atoms with E-state index >= 15 is 0 Å². The van der Waals surface area contributed by atoms with Crippen LogP contribution in [0.15, 0.2) is 146 Å². The molecule has 0 heterocycles. The molecule has 0 aromatic heterocycles. The molecule has 6 aromatic rings. The minimum absolute atomic E-state index is 0.00979. The van der Waals surface area contributed by atoms with Crippen molar-refractivity contribution in [2.75, 3.05) is 24.7 Å². The molecule has 0 saturated heterocycles. The van der Waals surface area contributed by atoms with Gasteiger partial charge in [0.2, 0.25) is 11.8 Å². The van der Waals surface area contributed by atoms with Gasteiger partial charge in [-0.2, -0.15) is 0 Å². The SMILES string of the molecule is CC(=O)NCc1ccc(C)cc1.CC(=O)Nc1ccc(C)cc1.CCCc1ccc(C)cc1.CCc1ccc(C)cc1.CNCc1ccc(C)cc1.CNc1ccc(C)cc1. The summed E-state index contributed by atoms with van der Waals surface area (Å²) < 4.78 is 0. The van der Waals surface area contributed by atoms with Gasteiger partial charge in [-0.05, 0) is 108 Å². The van der Waals surface area contributed by atoms with E-state index in [-0.39, 0.29) is 11.8 Å². The number of aryl methyl sites for hydroxylation is 8. The average molecular weight is 823 g/mol. The van der Waals surface area contributed by atoms with Gasteiger partial charge >= 0.3 is 0 Å². The molecule has 0 spiro atoms. The van der Waals surface area contributed by atoms with Gasteiger partial charge in [0.05, 0.1) is 0 Å². The van der Waals surface area contributed by atoms with Crippen molar-refractivity contribution in [3.63, 3.8) is 0 Å². The molecule has 0 radical (unpaired) electrons. The van der Waals surface area contributed by atoms with E-state index in [2.05, 4.69) is 160 Å². The second-order valence-corrected chi connectivity index (χ2v) is 15.1. The van der Waals surface area contributed by atoms with Gasteiger partial charge in [0.15, 0.2) is 0 Å². The molecule has 6 nitrogen and oxygen atoms in total. The Morgan fingerprint density at radius 3 is 1.05 bits per heavy atom. The first-order chi connectivity index (χ1) is 29.2. The molecule has 61 heavy (non-hydrogen) atoms. The Morgan fingerprint density at radius 2 is 0.738 bits per heavy atom. The van der Waals surface area contributed by atoms with Crippen LogP contribution in [-0.4, -0.2) is 25.9 Å². The highest BCUT2D eigenvalue weighted by molar-refractivity contribution is 5.88. The molecule has 2 amide bonds. The number of rotatable bonds is 9. The Bertz CT molecular complexity index is 1930. The first-order valence-electron chi connectivity index (χ1n) is 21.4. The van der Waals surface area contributed by atoms with E-state index < -0.39 is 0 Å². The molecule has 6 aromatic carbocycles. The number of anilines is 2. The van der Waals surface area contributed by atoms with E-state index in [1.165, 1.54) is 82.4 Å². The molecule has 6 rings (SSSR count). The summed E-state index contributed by atoms with van der Waals surface area (Å²) in [7, 11) is 3.88. The molecular weight excluding hydrogens is 749 g/mol. The monoisotopic (exact) mass is 823 g/mol. The van der Waals surface area contributed by atoms with Crippen molar-refractivity contribution >= 4 is 23.2 Å². The van der Waals surface area contributed by atoms with E-state index in [9.17, 15) is 9.59 Å². The van der Waals surface area contributed by atoms with Crippen LogP contribution in [0, 0.1) is 41.5 Å². The third kappa shape index (κ3) is 27.4. The number of hydrogen-bond acceptors (Lipinski definition) is 4. The highest BCUT2D eigenvalue weighted by atomic mass is 16.2. The van der Waals surface area contributed by atoms with Crippen LogP contribution in [0.2, 0.25) is 0 Å². The fourth-order valence-electron chi connectivity index (χ4n) is 5.27. The van der Waals surface area contributed by atoms with Crippen molar-refractivity contribution < 1.29 is 9.59 Å². The summed E-state index contributed by atoms with van der Waals surface area (Å²) in [4.78, 5) is 21.2. The van der Waals surface area contributed by atoms with Gasteiger partial charge in [-0.25, -0.2) is 0 Å². The van der Waals surface area contributed by atoms with Crippen LogP contribution in [0.5, 0.6) is 0 Å². The molecule has 0 fully saturated rings. The van der Waals surface area contributed by atoms with Crippen molar-refractivity contribution in [1.82, 2.24) is 10.6 Å². The van der Waals surface area contributed by atoms with Gasteiger partial charge < -0.3 is 21.3 Å². The number of amides is 2. The minimum atomic E-state index is -0.0335. The lowest BCUT2D eigenvalue weighted by atomic mass is 10.1. The number of carbonyl (C=O) groups is 2. The molecule has 0 bridgehead atoms. The lowest BCUT2D eigenvalue weighted by Crippen LogP contribution is -2.18. The van der Waals surface area contributed by atoms with Crippen LogP contribution in [0.3, 0.4) is 0 Å². The predicted octanol–water partition coefficient (Wildman–Crippen LogP) is 12.8. The first-order valence-corrected chi connectivity index (χ1v) is 21.4. The maximum absolute atomic E-state index is 10.6. The first kappa shape index (κ1) is 53.0. The zero-order valence-corrected chi connectivity index (χ0v) is 39.2. The summed E-state index contributed by atoms with van der Waals surface area (Å²) in [5.41, 5.74) is 15.1. The fraction of sp³-hybridized carbons (Fsp3) is 0.309. The van der Waals surface area contributed by atoms with Crippen molar-refractivity contribution in [3.05, 3.63) is 201 Å². The number of carbonyl (C=O) groups excluding carboxylic acids is 2. The Hall–Kier alpha value is -5.98. The summed E-state index contributed by atoms with van der Waals surface area (Å²) >= 11 is 0. The Labute approximate surface area is 369 Å². The van der Waals surface area contributed by atoms with Gasteiger partial charge in [-0.3, -0.25) is 9.59 Å². The van der Waals surface area contributed by atoms with Crippen LogP contribution in [0.4, 0.5) is 11.4 Å². The van der Waals surface area contributed by atoms with E-state index in [1.54, 1.807) is 0 Å². The molecule has 4 N–H and O–H groups in total. The Kier molecular flexibility index (Phi) is 27.7. The van der Waals surface area contributed by atoms with Crippen molar-refractivity contribution in [1.29, 1.82) is 0 Å². The van der Waals surface area contributed by atoms with Crippen LogP contribution in [0.25, 0.3) is 0 Å². The molecule has 0 atom stereocenters. The van der Waals surface area contributed by atoms with E-state index in [4.69, 9.17) is 0 Å². The highest BCUT2D eigenvalue weighted by Gasteiger charge is 1.94. The fourth-order valence-corrected chi connectivity index (χ4v) is 5.27. The third-order valence-corrected chi connectivity index (χ3v) is 9.06. The third-order valence-electron chi connectivity index (χ3n) is 9.06. The minimum Gasteiger partial charge on any atom is -0.388 e. The summed E-state index contributed by atoms with van der Waals surface area (Å²) in [5, 5.41) is 11.6. The maximum atomic E-state index is 10.6. The number of benzene rings is 6. The predicted molar refractivity (Wildman–Crippen MR) is 265 cm³/mol. The second-order valence-electron chi connectivity index (χ2n) is 15.1. The van der Waals surface area contributed by atoms with Gasteiger partial charge in [0.1, 0.15) is 0 Å². The van der Waals surface area contributed by atoms with Crippen molar-refractivity contribution in [2.45, 2.75) is 102 Å². The zero-order valence-electron chi connectivity index (χ0n) is 39.2. The van der Waals surface area contributed by atoms with Gasteiger partial charge in [-0.15, -0.1) is 0 Å². The van der Waals surface area contributed by atoms with E-state index in [1.807, 2.05) is 76.5 Å². The standard InChI is InChI=1S/C10H13NO.C10H14.C9H11NO.C9H13N.C9H12.C8H11N/c1-8-3-5-10(6-4-8)7-11-9(2)12;1-3-4-10-7-5-9(2)6-8-10;1-7-3-5-9(6-4-7)10-8(2)11;1-8-3-5-9(6-4-8)7-10-2;1-3-9-6-4-8(2)5-7-9;1-7-3-5-8(9-2)6-4-7/h3-6H,7H2,1-2H3,(H,11,12);5-8H,3-4H2,1-2H3;3-6H,1-2H3,(H,10,11);3-6,10H,7H2,1-2H3;4-7H,3H2,1-2H3;3-6,9H,1-2H3. The van der Waals surface area contributed by atoms with E-state index in [0.29, 0.717) is 6.54 Å². The number of hydrogen-bond donors (Lipinski definition) is 4. The van der Waals surface area contributed by atoms with Crippen LogP contribution < -0.4 is 21.3 Å². The summed E-state index contributed by atoms with van der Waals surface area (Å²) in [6.45, 7) is 21.5. The molecule has 0 unspecified atom stereocenters. The molecule has 0 aliphatic carbocycles. The quantitative estimate of drug-likeness (QED) is 0.117. The van der Waals surface area contributed by atoms with Crippen LogP contribution >= 0.6 is 0 Å². The normalized spacial score (nSPS) is 9.51. The molecule has 0 saturated carbocycles. The summed E-state index contributed by atoms with van der Waals surface area (Å²) in [5.74, 6) is -0.0237. The number of nitrogens with one attached hydrogen (secondary N) is 4. The molecule has 0 aliphatic heterocycles. The Morgan fingerprint density at radius 1 is 0.410 bits per heavy atom. The van der Waals surface area contributed by atoms with Crippen molar-refractivity contribution in [2.24, 2.45) is 0 Å². The van der Waals surface area contributed by atoms with Crippen molar-refractivity contribution in [3.8, 4) is 0 Å².